The topological polar surface area (TPSA) is 29.5 Å². The molecular weight excluding hydrogens is 302 g/mol. The lowest BCUT2D eigenvalue weighted by atomic mass is 10.1. The van der Waals surface area contributed by atoms with E-state index in [1.165, 1.54) is 12.1 Å². The fraction of sp³-hybridized carbons (Fsp3) is 0.200. The number of hydrogen-bond donors (Lipinski definition) is 1. The van der Waals surface area contributed by atoms with Crippen molar-refractivity contribution in [2.75, 3.05) is 0 Å². The minimum Gasteiger partial charge on any atom is -0.457 e. The van der Waals surface area contributed by atoms with Gasteiger partial charge >= 0.3 is 0 Å². The highest BCUT2D eigenvalue weighted by atomic mass is 35.5. The molecule has 0 radical (unpaired) electrons. The molecule has 0 unspecified atom stereocenters. The summed E-state index contributed by atoms with van der Waals surface area (Å²) in [6, 6.07) is 7.57. The number of hydrogen-bond acceptors (Lipinski definition) is 2. The van der Waals surface area contributed by atoms with Gasteiger partial charge in [0.25, 0.3) is 0 Å². The SMILES string of the molecule is Cc1cc(Oc2cc(Cl)cc(Cl)c2)c([C@@H](C)O)cc1F. The van der Waals surface area contributed by atoms with Gasteiger partial charge in [0.1, 0.15) is 17.3 Å². The van der Waals surface area contributed by atoms with E-state index in [0.717, 1.165) is 0 Å². The van der Waals surface area contributed by atoms with Gasteiger partial charge in [-0.2, -0.15) is 0 Å². The van der Waals surface area contributed by atoms with E-state index >= 15 is 0 Å². The highest BCUT2D eigenvalue weighted by molar-refractivity contribution is 6.34. The Hall–Kier alpha value is -1.29. The average Bonchev–Trinajstić information content (AvgIpc) is 2.31. The van der Waals surface area contributed by atoms with Crippen LogP contribution in [0.4, 0.5) is 4.39 Å². The second-order valence-electron chi connectivity index (χ2n) is 4.52. The molecule has 0 aliphatic carbocycles. The number of aryl methyl sites for hydroxylation is 1. The maximum absolute atomic E-state index is 13.6. The molecule has 2 nitrogen and oxygen atoms in total. The highest BCUT2D eigenvalue weighted by Crippen LogP contribution is 2.34. The second-order valence-corrected chi connectivity index (χ2v) is 5.40. The molecule has 0 bridgehead atoms. The van der Waals surface area contributed by atoms with Crippen LogP contribution in [-0.4, -0.2) is 5.11 Å². The Morgan fingerprint density at radius 1 is 1.10 bits per heavy atom. The van der Waals surface area contributed by atoms with E-state index in [1.807, 2.05) is 0 Å². The smallest absolute Gasteiger partial charge is 0.133 e. The van der Waals surface area contributed by atoms with Gasteiger partial charge in [-0.3, -0.25) is 0 Å². The molecule has 5 heteroatoms. The van der Waals surface area contributed by atoms with E-state index in [4.69, 9.17) is 27.9 Å². The Morgan fingerprint density at radius 2 is 1.70 bits per heavy atom. The first kappa shape index (κ1) is 15.1. The molecular formula is C15H13Cl2FO2. The number of aliphatic hydroxyl groups is 1. The maximum Gasteiger partial charge on any atom is 0.133 e. The van der Waals surface area contributed by atoms with Crippen LogP contribution in [0.3, 0.4) is 0 Å². The molecule has 20 heavy (non-hydrogen) atoms. The molecule has 0 spiro atoms. The molecule has 2 rings (SSSR count). The normalized spacial score (nSPS) is 12.3. The van der Waals surface area contributed by atoms with Crippen LogP contribution in [0.25, 0.3) is 0 Å². The molecule has 0 heterocycles. The van der Waals surface area contributed by atoms with Crippen LogP contribution in [-0.2, 0) is 0 Å². The van der Waals surface area contributed by atoms with E-state index in [9.17, 15) is 9.50 Å². The van der Waals surface area contributed by atoms with Crippen molar-refractivity contribution in [2.45, 2.75) is 20.0 Å². The Labute approximate surface area is 126 Å². The molecule has 0 fully saturated rings. The molecule has 1 N–H and O–H groups in total. The maximum atomic E-state index is 13.6. The summed E-state index contributed by atoms with van der Waals surface area (Å²) >= 11 is 11.8. The largest absolute Gasteiger partial charge is 0.457 e. The van der Waals surface area contributed by atoms with E-state index in [2.05, 4.69) is 0 Å². The van der Waals surface area contributed by atoms with Gasteiger partial charge in [0, 0.05) is 15.6 Å². The Bertz CT molecular complexity index is 622. The molecule has 2 aromatic rings. The standard InChI is InChI=1S/C15H13Cl2FO2/c1-8-3-15(13(9(2)19)7-14(8)18)20-12-5-10(16)4-11(17)6-12/h3-7,9,19H,1-2H3/t9-/m1/s1. The summed E-state index contributed by atoms with van der Waals surface area (Å²) in [6.07, 6.45) is -0.852. The van der Waals surface area contributed by atoms with Crippen LogP contribution in [0.5, 0.6) is 11.5 Å². The van der Waals surface area contributed by atoms with Gasteiger partial charge in [0.15, 0.2) is 0 Å². The van der Waals surface area contributed by atoms with Gasteiger partial charge in [-0.05, 0) is 49.7 Å². The van der Waals surface area contributed by atoms with Crippen molar-refractivity contribution in [1.82, 2.24) is 0 Å². The quantitative estimate of drug-likeness (QED) is 0.834. The first-order chi connectivity index (χ1) is 9.36. The number of rotatable bonds is 3. The zero-order chi connectivity index (χ0) is 14.9. The van der Waals surface area contributed by atoms with Gasteiger partial charge in [0.05, 0.1) is 6.10 Å². The predicted molar refractivity (Wildman–Crippen MR) is 78.3 cm³/mol. The van der Waals surface area contributed by atoms with Crippen LogP contribution in [0.15, 0.2) is 30.3 Å². The van der Waals surface area contributed by atoms with Crippen LogP contribution in [0, 0.1) is 12.7 Å². The fourth-order valence-electron chi connectivity index (χ4n) is 1.80. The molecule has 1 atom stereocenters. The summed E-state index contributed by atoms with van der Waals surface area (Å²) < 4.78 is 19.3. The number of ether oxygens (including phenoxy) is 1. The third-order valence-corrected chi connectivity index (χ3v) is 3.24. The van der Waals surface area contributed by atoms with E-state index in [1.54, 1.807) is 32.0 Å². The molecule has 0 aliphatic heterocycles. The van der Waals surface area contributed by atoms with Crippen molar-refractivity contribution in [1.29, 1.82) is 0 Å². The molecule has 0 aromatic heterocycles. The first-order valence-corrected chi connectivity index (χ1v) is 6.74. The van der Waals surface area contributed by atoms with E-state index in [-0.39, 0.29) is 0 Å². The Kier molecular flexibility index (Phi) is 4.53. The minimum absolute atomic E-state index is 0.365. The van der Waals surface area contributed by atoms with Crippen LogP contribution < -0.4 is 4.74 Å². The summed E-state index contributed by atoms with van der Waals surface area (Å²) in [5.41, 5.74) is 0.793. The van der Waals surface area contributed by atoms with Gasteiger partial charge in [0.2, 0.25) is 0 Å². The zero-order valence-electron chi connectivity index (χ0n) is 11.0. The highest BCUT2D eigenvalue weighted by Gasteiger charge is 2.14. The van der Waals surface area contributed by atoms with Crippen LogP contribution in [0.1, 0.15) is 24.2 Å². The Morgan fingerprint density at radius 3 is 2.25 bits per heavy atom. The lowest BCUT2D eigenvalue weighted by Gasteiger charge is -2.15. The summed E-state index contributed by atoms with van der Waals surface area (Å²) in [5, 5.41) is 10.6. The summed E-state index contributed by atoms with van der Waals surface area (Å²) in [7, 11) is 0. The third-order valence-electron chi connectivity index (χ3n) is 2.81. The minimum atomic E-state index is -0.852. The van der Waals surface area contributed by atoms with E-state index < -0.39 is 11.9 Å². The summed E-state index contributed by atoms with van der Waals surface area (Å²) in [6.45, 7) is 3.17. The van der Waals surface area contributed by atoms with Crippen molar-refractivity contribution in [3.05, 3.63) is 57.3 Å². The van der Waals surface area contributed by atoms with Crippen molar-refractivity contribution in [3.8, 4) is 11.5 Å². The van der Waals surface area contributed by atoms with Gasteiger partial charge in [-0.25, -0.2) is 4.39 Å². The monoisotopic (exact) mass is 314 g/mol. The van der Waals surface area contributed by atoms with Crippen molar-refractivity contribution < 1.29 is 14.2 Å². The van der Waals surface area contributed by atoms with Crippen molar-refractivity contribution >= 4 is 23.2 Å². The molecule has 0 aliphatic rings. The lowest BCUT2D eigenvalue weighted by Crippen LogP contribution is -1.99. The molecule has 2 aromatic carbocycles. The van der Waals surface area contributed by atoms with Gasteiger partial charge < -0.3 is 9.84 Å². The van der Waals surface area contributed by atoms with E-state index in [0.29, 0.717) is 32.7 Å². The fourth-order valence-corrected chi connectivity index (χ4v) is 2.31. The Balaban J connectivity index is 2.44. The first-order valence-electron chi connectivity index (χ1n) is 5.99. The van der Waals surface area contributed by atoms with Crippen molar-refractivity contribution in [3.63, 3.8) is 0 Å². The lowest BCUT2D eigenvalue weighted by molar-refractivity contribution is 0.195. The summed E-state index contributed by atoms with van der Waals surface area (Å²) in [4.78, 5) is 0. The second kappa shape index (κ2) is 6.00. The van der Waals surface area contributed by atoms with Crippen LogP contribution in [0.2, 0.25) is 10.0 Å². The molecule has 0 amide bonds. The predicted octanol–water partition coefficient (Wildman–Crippen LogP) is 5.29. The van der Waals surface area contributed by atoms with Crippen LogP contribution >= 0.6 is 23.2 Å². The van der Waals surface area contributed by atoms with Crippen molar-refractivity contribution in [2.24, 2.45) is 0 Å². The molecule has 0 saturated carbocycles. The summed E-state index contributed by atoms with van der Waals surface area (Å²) in [5.74, 6) is 0.407. The zero-order valence-corrected chi connectivity index (χ0v) is 12.5. The average molecular weight is 315 g/mol. The third kappa shape index (κ3) is 3.42. The number of benzene rings is 2. The van der Waals surface area contributed by atoms with Gasteiger partial charge in [-0.1, -0.05) is 23.2 Å². The number of halogens is 3. The van der Waals surface area contributed by atoms with Gasteiger partial charge in [-0.15, -0.1) is 0 Å². The molecule has 106 valence electrons. The number of aliphatic hydroxyl groups excluding tert-OH is 1. The molecule has 0 saturated heterocycles.